The highest BCUT2D eigenvalue weighted by Crippen LogP contribution is 2.32. The van der Waals surface area contributed by atoms with Gasteiger partial charge in [0.1, 0.15) is 5.82 Å². The minimum absolute atomic E-state index is 0.109. The summed E-state index contributed by atoms with van der Waals surface area (Å²) in [5.74, 6) is 1.17. The quantitative estimate of drug-likeness (QED) is 0.629. The van der Waals surface area contributed by atoms with Gasteiger partial charge in [-0.15, -0.1) is 0 Å². The van der Waals surface area contributed by atoms with E-state index in [4.69, 9.17) is 0 Å². The molecule has 0 N–H and O–H groups in total. The SMILES string of the molecule is CC(c1ccccc1)C1CCN(CCCC(=O)c2ccc(F)cc2)CC1. The lowest BCUT2D eigenvalue weighted by Crippen LogP contribution is -2.36. The second-order valence-corrected chi connectivity index (χ2v) is 7.41. The van der Waals surface area contributed by atoms with Crippen LogP contribution in [0, 0.1) is 11.7 Å². The fourth-order valence-corrected chi connectivity index (χ4v) is 3.95. The predicted octanol–water partition coefficient (Wildman–Crippen LogP) is 5.30. The minimum atomic E-state index is -0.297. The van der Waals surface area contributed by atoms with Gasteiger partial charge in [-0.1, -0.05) is 37.3 Å². The highest BCUT2D eigenvalue weighted by atomic mass is 19.1. The number of nitrogens with zero attached hydrogens (tertiary/aromatic N) is 1. The smallest absolute Gasteiger partial charge is 0.162 e. The highest BCUT2D eigenvalue weighted by molar-refractivity contribution is 5.95. The molecule has 1 atom stereocenters. The van der Waals surface area contributed by atoms with Crippen LogP contribution in [0.15, 0.2) is 54.6 Å². The van der Waals surface area contributed by atoms with E-state index in [2.05, 4.69) is 42.2 Å². The van der Waals surface area contributed by atoms with Gasteiger partial charge in [0.15, 0.2) is 5.78 Å². The van der Waals surface area contributed by atoms with Gasteiger partial charge in [-0.05, 0) is 80.6 Å². The van der Waals surface area contributed by atoms with Gasteiger partial charge < -0.3 is 4.90 Å². The maximum absolute atomic E-state index is 12.9. The van der Waals surface area contributed by atoms with Crippen molar-refractivity contribution in [2.45, 2.75) is 38.5 Å². The number of ketones is 1. The number of Topliss-reactive ketones (excluding diaryl/α,β-unsaturated/α-hetero) is 1. The maximum atomic E-state index is 12.9. The zero-order valence-corrected chi connectivity index (χ0v) is 15.5. The molecule has 1 heterocycles. The third-order valence-corrected chi connectivity index (χ3v) is 5.71. The summed E-state index contributed by atoms with van der Waals surface area (Å²) >= 11 is 0. The van der Waals surface area contributed by atoms with Crippen molar-refractivity contribution in [3.63, 3.8) is 0 Å². The molecule has 2 nitrogen and oxygen atoms in total. The molecule has 0 aromatic heterocycles. The zero-order valence-electron chi connectivity index (χ0n) is 15.5. The van der Waals surface area contributed by atoms with E-state index in [0.717, 1.165) is 32.0 Å². The lowest BCUT2D eigenvalue weighted by atomic mass is 9.81. The maximum Gasteiger partial charge on any atom is 0.162 e. The Balaban J connectivity index is 1.39. The first kappa shape index (κ1) is 18.8. The van der Waals surface area contributed by atoms with Crippen molar-refractivity contribution in [2.24, 2.45) is 5.92 Å². The van der Waals surface area contributed by atoms with Gasteiger partial charge >= 0.3 is 0 Å². The molecule has 1 unspecified atom stereocenters. The fraction of sp³-hybridized carbons (Fsp3) is 0.435. The Morgan fingerprint density at radius 1 is 1.08 bits per heavy atom. The van der Waals surface area contributed by atoms with Crippen LogP contribution in [0.3, 0.4) is 0 Å². The molecule has 1 fully saturated rings. The highest BCUT2D eigenvalue weighted by Gasteiger charge is 2.24. The molecular formula is C23H28FNO. The Labute approximate surface area is 156 Å². The van der Waals surface area contributed by atoms with Gasteiger partial charge in [0, 0.05) is 12.0 Å². The van der Waals surface area contributed by atoms with Crippen LogP contribution in [0.1, 0.15) is 54.4 Å². The van der Waals surface area contributed by atoms with Crippen LogP contribution in [0.5, 0.6) is 0 Å². The number of piperidine rings is 1. The molecule has 0 bridgehead atoms. The van der Waals surface area contributed by atoms with Gasteiger partial charge in [-0.2, -0.15) is 0 Å². The van der Waals surface area contributed by atoms with E-state index in [9.17, 15) is 9.18 Å². The summed E-state index contributed by atoms with van der Waals surface area (Å²) < 4.78 is 12.9. The monoisotopic (exact) mass is 353 g/mol. The van der Waals surface area contributed by atoms with Crippen molar-refractivity contribution < 1.29 is 9.18 Å². The van der Waals surface area contributed by atoms with Gasteiger partial charge in [-0.25, -0.2) is 4.39 Å². The molecule has 2 aromatic rings. The average molecular weight is 353 g/mol. The predicted molar refractivity (Wildman–Crippen MR) is 104 cm³/mol. The first-order chi connectivity index (χ1) is 12.6. The molecular weight excluding hydrogens is 325 g/mol. The van der Waals surface area contributed by atoms with Crippen LogP contribution >= 0.6 is 0 Å². The van der Waals surface area contributed by atoms with Gasteiger partial charge in [0.25, 0.3) is 0 Å². The second-order valence-electron chi connectivity index (χ2n) is 7.41. The second kappa shape index (κ2) is 9.09. The normalized spacial score (nSPS) is 17.2. The number of carbonyl (C=O) groups excluding carboxylic acids is 1. The van der Waals surface area contributed by atoms with Crippen molar-refractivity contribution in [2.75, 3.05) is 19.6 Å². The number of hydrogen-bond donors (Lipinski definition) is 0. The van der Waals surface area contributed by atoms with Crippen molar-refractivity contribution in [3.05, 3.63) is 71.5 Å². The van der Waals surface area contributed by atoms with Crippen molar-refractivity contribution in [1.29, 1.82) is 0 Å². The van der Waals surface area contributed by atoms with Gasteiger partial charge in [0.05, 0.1) is 0 Å². The summed E-state index contributed by atoms with van der Waals surface area (Å²) in [7, 11) is 0. The van der Waals surface area contributed by atoms with Crippen molar-refractivity contribution in [1.82, 2.24) is 4.90 Å². The number of hydrogen-bond acceptors (Lipinski definition) is 2. The van der Waals surface area contributed by atoms with E-state index in [-0.39, 0.29) is 11.6 Å². The van der Waals surface area contributed by atoms with Crippen LogP contribution < -0.4 is 0 Å². The Morgan fingerprint density at radius 2 is 1.73 bits per heavy atom. The zero-order chi connectivity index (χ0) is 18.4. The number of rotatable bonds is 7. The third kappa shape index (κ3) is 5.01. The molecule has 0 saturated carbocycles. The minimum Gasteiger partial charge on any atom is -0.303 e. The van der Waals surface area contributed by atoms with Crippen LogP contribution in [0.25, 0.3) is 0 Å². The van der Waals surface area contributed by atoms with Crippen molar-refractivity contribution >= 4 is 5.78 Å². The van der Waals surface area contributed by atoms with E-state index in [1.54, 1.807) is 12.1 Å². The Morgan fingerprint density at radius 3 is 2.38 bits per heavy atom. The summed E-state index contributed by atoms with van der Waals surface area (Å²) in [5, 5.41) is 0. The largest absolute Gasteiger partial charge is 0.303 e. The van der Waals surface area contributed by atoms with E-state index in [1.165, 1.54) is 30.5 Å². The molecule has 26 heavy (non-hydrogen) atoms. The summed E-state index contributed by atoms with van der Waals surface area (Å²) in [5.41, 5.74) is 2.05. The first-order valence-electron chi connectivity index (χ1n) is 9.69. The topological polar surface area (TPSA) is 20.3 Å². The van der Waals surface area contributed by atoms with E-state index < -0.39 is 0 Å². The fourth-order valence-electron chi connectivity index (χ4n) is 3.95. The molecule has 3 rings (SSSR count). The number of carbonyl (C=O) groups is 1. The lowest BCUT2D eigenvalue weighted by Gasteiger charge is -2.35. The van der Waals surface area contributed by atoms with Crippen LogP contribution in [0.4, 0.5) is 4.39 Å². The Kier molecular flexibility index (Phi) is 6.56. The van der Waals surface area contributed by atoms with Crippen LogP contribution in [-0.4, -0.2) is 30.3 Å². The molecule has 1 aliphatic heterocycles. The summed E-state index contributed by atoms with van der Waals surface area (Å²) in [6.07, 6.45) is 3.85. The van der Waals surface area contributed by atoms with Crippen LogP contribution in [-0.2, 0) is 0 Å². The molecule has 138 valence electrons. The Bertz CT molecular complexity index is 690. The van der Waals surface area contributed by atoms with Crippen molar-refractivity contribution in [3.8, 4) is 0 Å². The molecule has 0 radical (unpaired) electrons. The number of benzene rings is 2. The standard InChI is InChI=1S/C23H28FNO/c1-18(19-6-3-2-4-7-19)20-13-16-25(17-14-20)15-5-8-23(26)21-9-11-22(24)12-10-21/h2-4,6-7,9-12,18,20H,5,8,13-17H2,1H3. The van der Waals surface area contributed by atoms with Gasteiger partial charge in [-0.3, -0.25) is 4.79 Å². The summed E-state index contributed by atoms with van der Waals surface area (Å²) in [6, 6.07) is 16.7. The van der Waals surface area contributed by atoms with Gasteiger partial charge in [0.2, 0.25) is 0 Å². The number of likely N-dealkylation sites (tertiary alicyclic amines) is 1. The van der Waals surface area contributed by atoms with E-state index >= 15 is 0 Å². The average Bonchev–Trinajstić information content (AvgIpc) is 2.69. The lowest BCUT2D eigenvalue weighted by molar-refractivity contribution is 0.0969. The summed E-state index contributed by atoms with van der Waals surface area (Å²) in [4.78, 5) is 14.6. The van der Waals surface area contributed by atoms with E-state index in [0.29, 0.717) is 17.9 Å². The first-order valence-corrected chi connectivity index (χ1v) is 9.69. The third-order valence-electron chi connectivity index (χ3n) is 5.71. The molecule has 1 saturated heterocycles. The Hall–Kier alpha value is -2.00. The summed E-state index contributed by atoms with van der Waals surface area (Å²) in [6.45, 7) is 5.55. The molecule has 0 amide bonds. The van der Waals surface area contributed by atoms with E-state index in [1.807, 2.05) is 0 Å². The molecule has 1 aliphatic rings. The number of halogens is 1. The molecule has 0 aliphatic carbocycles. The molecule has 2 aromatic carbocycles. The molecule has 0 spiro atoms. The molecule has 3 heteroatoms. The van der Waals surface area contributed by atoms with Crippen LogP contribution in [0.2, 0.25) is 0 Å².